The maximum absolute atomic E-state index is 3.74. The zero-order chi connectivity index (χ0) is 13.7. The van der Waals surface area contributed by atoms with Crippen molar-refractivity contribution in [2.75, 3.05) is 6.54 Å². The van der Waals surface area contributed by atoms with Crippen LogP contribution in [0, 0.1) is 12.8 Å². The molecule has 0 aromatic heterocycles. The fourth-order valence-corrected chi connectivity index (χ4v) is 3.46. The van der Waals surface area contributed by atoms with Crippen LogP contribution in [0.25, 0.3) is 0 Å². The molecule has 1 N–H and O–H groups in total. The predicted molar refractivity (Wildman–Crippen MR) is 86.5 cm³/mol. The minimum atomic E-state index is 0.528. The van der Waals surface area contributed by atoms with Gasteiger partial charge in [-0.3, -0.25) is 0 Å². The minimum Gasteiger partial charge on any atom is -0.310 e. The van der Waals surface area contributed by atoms with Crippen molar-refractivity contribution in [2.24, 2.45) is 5.92 Å². The lowest BCUT2D eigenvalue weighted by Crippen LogP contribution is -2.24. The number of aryl methyl sites for hydroxylation is 1. The Bertz CT molecular complexity index is 396. The molecule has 19 heavy (non-hydrogen) atoms. The highest BCUT2D eigenvalue weighted by molar-refractivity contribution is 9.10. The van der Waals surface area contributed by atoms with Gasteiger partial charge in [0.05, 0.1) is 0 Å². The van der Waals surface area contributed by atoms with Crippen molar-refractivity contribution in [2.45, 2.75) is 58.4 Å². The Balaban J connectivity index is 2.08. The molecule has 1 aromatic carbocycles. The Hall–Kier alpha value is -0.340. The zero-order valence-electron chi connectivity index (χ0n) is 12.2. The number of hydrogen-bond acceptors (Lipinski definition) is 1. The molecule has 0 bridgehead atoms. The number of halogens is 1. The standard InChI is InChI=1S/C17H26BrN/c1-3-10-19-17(11-14-6-4-5-7-14)15-9-8-13(2)16(18)12-15/h8-9,12,14,17,19H,3-7,10-11H2,1-2H3. The molecule has 0 aliphatic heterocycles. The summed E-state index contributed by atoms with van der Waals surface area (Å²) in [7, 11) is 0. The van der Waals surface area contributed by atoms with Gasteiger partial charge in [-0.25, -0.2) is 0 Å². The fraction of sp³-hybridized carbons (Fsp3) is 0.647. The molecule has 1 aliphatic rings. The largest absolute Gasteiger partial charge is 0.310 e. The van der Waals surface area contributed by atoms with E-state index in [4.69, 9.17) is 0 Å². The summed E-state index contributed by atoms with van der Waals surface area (Å²) in [6.07, 6.45) is 8.23. The van der Waals surface area contributed by atoms with E-state index in [0.29, 0.717) is 6.04 Å². The third-order valence-electron chi connectivity index (χ3n) is 4.28. The third kappa shape index (κ3) is 4.32. The molecule has 0 radical (unpaired) electrons. The quantitative estimate of drug-likeness (QED) is 0.741. The molecule has 1 nitrogen and oxygen atoms in total. The summed E-state index contributed by atoms with van der Waals surface area (Å²) >= 11 is 3.67. The van der Waals surface area contributed by atoms with Gasteiger partial charge in [-0.1, -0.05) is 60.7 Å². The van der Waals surface area contributed by atoms with E-state index in [1.54, 1.807) is 0 Å². The van der Waals surface area contributed by atoms with Gasteiger partial charge in [-0.05, 0) is 49.4 Å². The van der Waals surface area contributed by atoms with Crippen molar-refractivity contribution in [3.05, 3.63) is 33.8 Å². The molecule has 0 amide bonds. The van der Waals surface area contributed by atoms with E-state index in [0.717, 1.165) is 12.5 Å². The molecule has 1 unspecified atom stereocenters. The number of benzene rings is 1. The van der Waals surface area contributed by atoms with Crippen LogP contribution in [0.4, 0.5) is 0 Å². The maximum Gasteiger partial charge on any atom is 0.0323 e. The average molecular weight is 324 g/mol. The SMILES string of the molecule is CCCNC(CC1CCCC1)c1ccc(C)c(Br)c1. The van der Waals surface area contributed by atoms with Crippen molar-refractivity contribution in [3.8, 4) is 0 Å². The lowest BCUT2D eigenvalue weighted by atomic mass is 9.93. The van der Waals surface area contributed by atoms with Gasteiger partial charge in [0.25, 0.3) is 0 Å². The second-order valence-corrected chi connectivity index (χ2v) is 6.76. The summed E-state index contributed by atoms with van der Waals surface area (Å²) in [6.45, 7) is 5.51. The van der Waals surface area contributed by atoms with Crippen LogP contribution in [-0.2, 0) is 0 Å². The van der Waals surface area contributed by atoms with Crippen molar-refractivity contribution >= 4 is 15.9 Å². The first-order valence-corrected chi connectivity index (χ1v) is 8.49. The Morgan fingerprint density at radius 2 is 2.05 bits per heavy atom. The van der Waals surface area contributed by atoms with Crippen LogP contribution < -0.4 is 5.32 Å². The highest BCUT2D eigenvalue weighted by atomic mass is 79.9. The van der Waals surface area contributed by atoms with E-state index < -0.39 is 0 Å². The van der Waals surface area contributed by atoms with Crippen molar-refractivity contribution in [1.82, 2.24) is 5.32 Å². The second kappa shape index (κ2) is 7.44. The number of rotatable bonds is 6. The first-order chi connectivity index (χ1) is 9.20. The van der Waals surface area contributed by atoms with Gasteiger partial charge < -0.3 is 5.32 Å². The van der Waals surface area contributed by atoms with Crippen LogP contribution in [0.5, 0.6) is 0 Å². The van der Waals surface area contributed by atoms with E-state index in [2.05, 4.69) is 53.3 Å². The van der Waals surface area contributed by atoms with Crippen molar-refractivity contribution < 1.29 is 0 Å². The Kier molecular flexibility index (Phi) is 5.90. The molecule has 1 aromatic rings. The summed E-state index contributed by atoms with van der Waals surface area (Å²) in [6, 6.07) is 7.36. The topological polar surface area (TPSA) is 12.0 Å². The monoisotopic (exact) mass is 323 g/mol. The molecule has 1 saturated carbocycles. The molecule has 1 atom stereocenters. The highest BCUT2D eigenvalue weighted by Crippen LogP contribution is 2.34. The van der Waals surface area contributed by atoms with Crippen LogP contribution in [0.2, 0.25) is 0 Å². The van der Waals surface area contributed by atoms with Gasteiger partial charge in [-0.2, -0.15) is 0 Å². The van der Waals surface area contributed by atoms with Gasteiger partial charge in [0.2, 0.25) is 0 Å². The van der Waals surface area contributed by atoms with Gasteiger partial charge in [0.1, 0.15) is 0 Å². The smallest absolute Gasteiger partial charge is 0.0323 e. The minimum absolute atomic E-state index is 0.528. The molecule has 1 aliphatic carbocycles. The van der Waals surface area contributed by atoms with Gasteiger partial charge in [0.15, 0.2) is 0 Å². The summed E-state index contributed by atoms with van der Waals surface area (Å²) in [5.41, 5.74) is 2.76. The van der Waals surface area contributed by atoms with Gasteiger partial charge >= 0.3 is 0 Å². The highest BCUT2D eigenvalue weighted by Gasteiger charge is 2.21. The molecule has 106 valence electrons. The molecule has 1 fully saturated rings. The first kappa shape index (κ1) is 15.1. The fourth-order valence-electron chi connectivity index (χ4n) is 3.06. The molecular formula is C17H26BrN. The summed E-state index contributed by atoms with van der Waals surface area (Å²) in [5, 5.41) is 3.74. The summed E-state index contributed by atoms with van der Waals surface area (Å²) in [5.74, 6) is 0.925. The maximum atomic E-state index is 3.74. The van der Waals surface area contributed by atoms with E-state index in [1.165, 1.54) is 54.1 Å². The second-order valence-electron chi connectivity index (χ2n) is 5.90. The summed E-state index contributed by atoms with van der Waals surface area (Å²) < 4.78 is 1.24. The lowest BCUT2D eigenvalue weighted by molar-refractivity contribution is 0.395. The average Bonchev–Trinajstić information content (AvgIpc) is 2.91. The van der Waals surface area contributed by atoms with E-state index in [-0.39, 0.29) is 0 Å². The molecule has 2 heteroatoms. The predicted octanol–water partition coefficient (Wildman–Crippen LogP) is 5.38. The van der Waals surface area contributed by atoms with E-state index in [1.807, 2.05) is 0 Å². The first-order valence-electron chi connectivity index (χ1n) is 7.70. The normalized spacial score (nSPS) is 17.8. The molecule has 2 rings (SSSR count). The van der Waals surface area contributed by atoms with Crippen LogP contribution in [0.15, 0.2) is 22.7 Å². The van der Waals surface area contributed by atoms with E-state index in [9.17, 15) is 0 Å². The lowest BCUT2D eigenvalue weighted by Gasteiger charge is -2.23. The Morgan fingerprint density at radius 3 is 2.68 bits per heavy atom. The van der Waals surface area contributed by atoms with Crippen molar-refractivity contribution in [3.63, 3.8) is 0 Å². The van der Waals surface area contributed by atoms with Gasteiger partial charge in [-0.15, -0.1) is 0 Å². The van der Waals surface area contributed by atoms with E-state index >= 15 is 0 Å². The number of nitrogens with one attached hydrogen (secondary N) is 1. The Labute approximate surface area is 126 Å². The molecule has 0 saturated heterocycles. The van der Waals surface area contributed by atoms with Crippen molar-refractivity contribution in [1.29, 1.82) is 0 Å². The number of hydrogen-bond donors (Lipinski definition) is 1. The molecular weight excluding hydrogens is 298 g/mol. The van der Waals surface area contributed by atoms with Gasteiger partial charge in [0, 0.05) is 10.5 Å². The zero-order valence-corrected chi connectivity index (χ0v) is 13.8. The Morgan fingerprint density at radius 1 is 1.32 bits per heavy atom. The van der Waals surface area contributed by atoms with Crippen LogP contribution in [0.1, 0.15) is 62.6 Å². The third-order valence-corrected chi connectivity index (χ3v) is 5.14. The molecule has 0 heterocycles. The van der Waals surface area contributed by atoms with Crippen LogP contribution in [-0.4, -0.2) is 6.54 Å². The molecule has 0 spiro atoms. The van der Waals surface area contributed by atoms with Crippen LogP contribution >= 0.6 is 15.9 Å². The van der Waals surface area contributed by atoms with Crippen LogP contribution in [0.3, 0.4) is 0 Å². The summed E-state index contributed by atoms with van der Waals surface area (Å²) in [4.78, 5) is 0.